The fraction of sp³-hybridized carbons (Fsp3) is 0.273. The molecule has 2 aromatic heterocycles. The van der Waals surface area contributed by atoms with Crippen molar-refractivity contribution in [3.8, 4) is 0 Å². The van der Waals surface area contributed by atoms with Gasteiger partial charge in [0.25, 0.3) is 0 Å². The van der Waals surface area contributed by atoms with Gasteiger partial charge in [-0.2, -0.15) is 0 Å². The molecule has 1 amide bonds. The van der Waals surface area contributed by atoms with Gasteiger partial charge in [-0.15, -0.1) is 0 Å². The van der Waals surface area contributed by atoms with Crippen molar-refractivity contribution in [2.24, 2.45) is 5.92 Å². The molecule has 0 spiro atoms. The third kappa shape index (κ3) is 1.48. The fourth-order valence-electron chi connectivity index (χ4n) is 1.63. The molecule has 0 saturated heterocycles. The van der Waals surface area contributed by atoms with Gasteiger partial charge in [-0.3, -0.25) is 4.79 Å². The summed E-state index contributed by atoms with van der Waals surface area (Å²) >= 11 is 0. The molecule has 0 atom stereocenters. The van der Waals surface area contributed by atoms with E-state index in [9.17, 15) is 4.79 Å². The standard InChI is InChI=1S/C11H11N3O/c15-11(8-3-4-8)13-9-2-1-6-14-7-5-12-10(9)14/h1-2,5-8H,3-4H2,(H,13,15). The molecule has 1 saturated carbocycles. The van der Waals surface area contributed by atoms with Crippen LogP contribution >= 0.6 is 0 Å². The zero-order valence-corrected chi connectivity index (χ0v) is 8.18. The highest BCUT2D eigenvalue weighted by Gasteiger charge is 2.29. The number of imidazole rings is 1. The Morgan fingerprint density at radius 2 is 2.33 bits per heavy atom. The zero-order valence-electron chi connectivity index (χ0n) is 8.18. The van der Waals surface area contributed by atoms with Gasteiger partial charge >= 0.3 is 0 Å². The van der Waals surface area contributed by atoms with Crippen molar-refractivity contribution in [3.63, 3.8) is 0 Å². The van der Waals surface area contributed by atoms with Crippen LogP contribution in [0.5, 0.6) is 0 Å². The number of amides is 1. The summed E-state index contributed by atoms with van der Waals surface area (Å²) in [5.74, 6) is 0.339. The highest BCUT2D eigenvalue weighted by Crippen LogP contribution is 2.30. The summed E-state index contributed by atoms with van der Waals surface area (Å²) in [7, 11) is 0. The molecule has 4 heteroatoms. The molecular weight excluding hydrogens is 190 g/mol. The molecule has 0 bridgehead atoms. The number of pyridine rings is 1. The van der Waals surface area contributed by atoms with Crippen molar-refractivity contribution in [1.29, 1.82) is 0 Å². The van der Waals surface area contributed by atoms with Gasteiger partial charge in [0, 0.05) is 24.5 Å². The van der Waals surface area contributed by atoms with Crippen LogP contribution in [0.4, 0.5) is 5.69 Å². The van der Waals surface area contributed by atoms with Crippen LogP contribution in [0.15, 0.2) is 30.7 Å². The van der Waals surface area contributed by atoms with Gasteiger partial charge in [0.1, 0.15) is 0 Å². The van der Waals surface area contributed by atoms with Crippen LogP contribution in [0.2, 0.25) is 0 Å². The van der Waals surface area contributed by atoms with Gasteiger partial charge in [-0.05, 0) is 25.0 Å². The summed E-state index contributed by atoms with van der Waals surface area (Å²) in [5.41, 5.74) is 1.59. The lowest BCUT2D eigenvalue weighted by atomic mass is 10.3. The number of aromatic nitrogens is 2. The van der Waals surface area contributed by atoms with E-state index in [-0.39, 0.29) is 11.8 Å². The van der Waals surface area contributed by atoms with Gasteiger partial charge in [0.2, 0.25) is 5.91 Å². The van der Waals surface area contributed by atoms with Gasteiger partial charge in [-0.25, -0.2) is 4.98 Å². The Morgan fingerprint density at radius 3 is 3.13 bits per heavy atom. The van der Waals surface area contributed by atoms with Crippen LogP contribution < -0.4 is 5.32 Å². The quantitative estimate of drug-likeness (QED) is 0.803. The average Bonchev–Trinajstić information content (AvgIpc) is 2.97. The van der Waals surface area contributed by atoms with Crippen LogP contribution in [-0.4, -0.2) is 15.3 Å². The Balaban J connectivity index is 1.95. The van der Waals surface area contributed by atoms with Crippen molar-refractivity contribution in [2.45, 2.75) is 12.8 Å². The van der Waals surface area contributed by atoms with E-state index in [0.717, 1.165) is 24.2 Å². The maximum atomic E-state index is 11.6. The monoisotopic (exact) mass is 201 g/mol. The Morgan fingerprint density at radius 1 is 1.47 bits per heavy atom. The molecule has 1 fully saturated rings. The third-order valence-electron chi connectivity index (χ3n) is 2.63. The molecule has 3 rings (SSSR count). The Bertz CT molecular complexity index is 513. The van der Waals surface area contributed by atoms with E-state index < -0.39 is 0 Å². The summed E-state index contributed by atoms with van der Waals surface area (Å²) in [4.78, 5) is 15.8. The number of carbonyl (C=O) groups excluding carboxylic acids is 1. The topological polar surface area (TPSA) is 46.4 Å². The first kappa shape index (κ1) is 8.47. The van der Waals surface area contributed by atoms with Crippen molar-refractivity contribution >= 4 is 17.2 Å². The van der Waals surface area contributed by atoms with Crippen LogP contribution in [0, 0.1) is 5.92 Å². The lowest BCUT2D eigenvalue weighted by Crippen LogP contribution is -2.13. The molecular formula is C11H11N3O. The second-order valence-electron chi connectivity index (χ2n) is 3.84. The lowest BCUT2D eigenvalue weighted by Gasteiger charge is -2.05. The van der Waals surface area contributed by atoms with E-state index >= 15 is 0 Å². The van der Waals surface area contributed by atoms with E-state index in [1.165, 1.54) is 0 Å². The highest BCUT2D eigenvalue weighted by atomic mass is 16.2. The predicted molar refractivity (Wildman–Crippen MR) is 56.5 cm³/mol. The third-order valence-corrected chi connectivity index (χ3v) is 2.63. The number of hydrogen-bond acceptors (Lipinski definition) is 2. The maximum absolute atomic E-state index is 11.6. The van der Waals surface area contributed by atoms with Crippen molar-refractivity contribution in [2.75, 3.05) is 5.32 Å². The second-order valence-corrected chi connectivity index (χ2v) is 3.84. The van der Waals surface area contributed by atoms with Crippen molar-refractivity contribution < 1.29 is 4.79 Å². The van der Waals surface area contributed by atoms with Crippen LogP contribution in [0.3, 0.4) is 0 Å². The zero-order chi connectivity index (χ0) is 10.3. The van der Waals surface area contributed by atoms with Gasteiger partial charge in [-0.1, -0.05) is 0 Å². The molecule has 1 aliphatic rings. The summed E-state index contributed by atoms with van der Waals surface area (Å²) in [6.45, 7) is 0. The summed E-state index contributed by atoms with van der Waals surface area (Å²) < 4.78 is 1.89. The smallest absolute Gasteiger partial charge is 0.227 e. The summed E-state index contributed by atoms with van der Waals surface area (Å²) in [6, 6.07) is 3.78. The molecule has 1 aliphatic carbocycles. The van der Waals surface area contributed by atoms with Crippen molar-refractivity contribution in [3.05, 3.63) is 30.7 Å². The average molecular weight is 201 g/mol. The molecule has 4 nitrogen and oxygen atoms in total. The second kappa shape index (κ2) is 3.08. The Hall–Kier alpha value is -1.84. The summed E-state index contributed by atoms with van der Waals surface area (Å²) in [5, 5.41) is 2.91. The first-order chi connectivity index (χ1) is 7.34. The largest absolute Gasteiger partial charge is 0.323 e. The van der Waals surface area contributed by atoms with E-state index in [0.29, 0.717) is 0 Å². The van der Waals surface area contributed by atoms with Crippen LogP contribution in [-0.2, 0) is 4.79 Å². The molecule has 2 aromatic rings. The molecule has 15 heavy (non-hydrogen) atoms. The molecule has 76 valence electrons. The fourth-order valence-corrected chi connectivity index (χ4v) is 1.63. The number of anilines is 1. The highest BCUT2D eigenvalue weighted by molar-refractivity contribution is 5.96. The minimum Gasteiger partial charge on any atom is -0.323 e. The Kier molecular flexibility index (Phi) is 1.74. The van der Waals surface area contributed by atoms with Crippen LogP contribution in [0.25, 0.3) is 5.65 Å². The number of carbonyl (C=O) groups is 1. The molecule has 0 radical (unpaired) electrons. The van der Waals surface area contributed by atoms with Gasteiger partial charge < -0.3 is 9.72 Å². The number of fused-ring (bicyclic) bond motifs is 1. The molecule has 2 heterocycles. The van der Waals surface area contributed by atoms with E-state index in [4.69, 9.17) is 0 Å². The first-order valence-corrected chi connectivity index (χ1v) is 5.07. The first-order valence-electron chi connectivity index (χ1n) is 5.07. The number of rotatable bonds is 2. The number of hydrogen-bond donors (Lipinski definition) is 1. The molecule has 1 N–H and O–H groups in total. The SMILES string of the molecule is O=C(Nc1cccn2ccnc12)C1CC1. The maximum Gasteiger partial charge on any atom is 0.227 e. The van der Waals surface area contributed by atoms with Crippen molar-refractivity contribution in [1.82, 2.24) is 9.38 Å². The summed E-state index contributed by atoms with van der Waals surface area (Å²) in [6.07, 6.45) is 7.53. The van der Waals surface area contributed by atoms with Gasteiger partial charge in [0.15, 0.2) is 5.65 Å². The lowest BCUT2D eigenvalue weighted by molar-refractivity contribution is -0.117. The van der Waals surface area contributed by atoms with E-state index in [1.54, 1.807) is 6.20 Å². The van der Waals surface area contributed by atoms with E-state index in [1.807, 2.05) is 28.9 Å². The van der Waals surface area contributed by atoms with Gasteiger partial charge in [0.05, 0.1) is 5.69 Å². The number of nitrogens with zero attached hydrogens (tertiary/aromatic N) is 2. The number of nitrogens with one attached hydrogen (secondary N) is 1. The molecule has 0 aliphatic heterocycles. The minimum atomic E-state index is 0.117. The predicted octanol–water partition coefficient (Wildman–Crippen LogP) is 1.68. The van der Waals surface area contributed by atoms with E-state index in [2.05, 4.69) is 10.3 Å². The normalized spacial score (nSPS) is 15.5. The minimum absolute atomic E-state index is 0.117. The molecule has 0 unspecified atom stereocenters. The Labute approximate surface area is 86.9 Å². The molecule has 0 aromatic carbocycles. The van der Waals surface area contributed by atoms with Crippen LogP contribution in [0.1, 0.15) is 12.8 Å².